The minimum atomic E-state index is -4.95. The van der Waals surface area contributed by atoms with E-state index in [4.69, 9.17) is 14.0 Å². The Morgan fingerprint density at radius 3 is 2.11 bits per heavy atom. The van der Waals surface area contributed by atoms with Crippen molar-refractivity contribution in [3.8, 4) is 0 Å². The van der Waals surface area contributed by atoms with E-state index in [9.17, 15) is 43.9 Å². The molecule has 2 aliphatic carbocycles. The van der Waals surface area contributed by atoms with Gasteiger partial charge in [-0.15, -0.1) is 0 Å². The topological polar surface area (TPSA) is 102 Å². The highest BCUT2D eigenvalue weighted by atomic mass is 32.2. The average molecular weight is 672 g/mol. The highest BCUT2D eigenvalue weighted by molar-refractivity contribution is 7.85. The molecule has 0 radical (unpaired) electrons. The van der Waals surface area contributed by atoms with Gasteiger partial charge in [0.2, 0.25) is 0 Å². The molecule has 2 N–H and O–H groups in total. The molecule has 2 saturated carbocycles. The molecule has 5 rings (SSSR count). The number of benzene rings is 2. The summed E-state index contributed by atoms with van der Waals surface area (Å²) in [7, 11) is -4.08. The quantitative estimate of drug-likeness (QED) is 0.255. The third-order valence-corrected chi connectivity index (χ3v) is 10.1. The molecule has 45 heavy (non-hydrogen) atoms. The van der Waals surface area contributed by atoms with Gasteiger partial charge in [0.1, 0.15) is 11.6 Å². The number of morpholine rings is 1. The maximum Gasteiger partial charge on any atom is 0.416 e. The second-order valence-corrected chi connectivity index (χ2v) is 13.7. The third kappa shape index (κ3) is 7.70. The van der Waals surface area contributed by atoms with Gasteiger partial charge in [-0.1, -0.05) is 26.0 Å². The number of alkyl halides is 6. The Balaban J connectivity index is 0.000000256. The number of carbonyl (C=O) groups is 1. The van der Waals surface area contributed by atoms with Crippen molar-refractivity contribution in [3.63, 3.8) is 0 Å². The summed E-state index contributed by atoms with van der Waals surface area (Å²) in [5.74, 6) is -0.555. The smallest absolute Gasteiger partial charge is 0.349 e. The summed E-state index contributed by atoms with van der Waals surface area (Å²) >= 11 is 0. The molecule has 0 aromatic heterocycles. The first kappa shape index (κ1) is 35.3. The number of carbonyl (C=O) groups excluding carboxylic acids is 1. The molecule has 3 aliphatic rings. The number of ether oxygens (including phenoxy) is 2. The summed E-state index contributed by atoms with van der Waals surface area (Å²) < 4.78 is 134. The van der Waals surface area contributed by atoms with Gasteiger partial charge >= 0.3 is 12.4 Å². The van der Waals surface area contributed by atoms with Gasteiger partial charge in [0.05, 0.1) is 41.0 Å². The Kier molecular flexibility index (Phi) is 9.83. The van der Waals surface area contributed by atoms with E-state index >= 15 is 0 Å². The van der Waals surface area contributed by atoms with E-state index in [1.54, 1.807) is 0 Å². The molecule has 2 aromatic carbocycles. The molecule has 2 bridgehead atoms. The van der Waals surface area contributed by atoms with Crippen LogP contribution in [-0.2, 0) is 36.7 Å². The first-order valence-corrected chi connectivity index (χ1v) is 15.8. The average Bonchev–Trinajstić information content (AvgIpc) is 3.26. The molecule has 0 unspecified atom stereocenters. The zero-order valence-electron chi connectivity index (χ0n) is 24.6. The molecule has 15 heteroatoms. The van der Waals surface area contributed by atoms with E-state index in [0.29, 0.717) is 37.1 Å². The Hall–Kier alpha value is -2.59. The second-order valence-electron chi connectivity index (χ2n) is 12.2. The predicted octanol–water partition coefficient (Wildman–Crippen LogP) is 6.90. The van der Waals surface area contributed by atoms with Crippen molar-refractivity contribution >= 4 is 15.9 Å². The predicted molar refractivity (Wildman–Crippen MR) is 148 cm³/mol. The lowest BCUT2D eigenvalue weighted by molar-refractivity contribution is -0.200. The van der Waals surface area contributed by atoms with Crippen LogP contribution >= 0.6 is 0 Å². The number of ketones is 1. The van der Waals surface area contributed by atoms with Crippen LogP contribution in [0.2, 0.25) is 0 Å². The maximum absolute atomic E-state index is 13.2. The first-order chi connectivity index (χ1) is 20.6. The fraction of sp³-hybridized carbons (Fsp3) is 0.567. The van der Waals surface area contributed by atoms with Crippen LogP contribution in [0.4, 0.5) is 30.7 Å². The van der Waals surface area contributed by atoms with Gasteiger partial charge in [-0.05, 0) is 72.6 Å². The lowest BCUT2D eigenvalue weighted by Crippen LogP contribution is -2.43. The van der Waals surface area contributed by atoms with Crippen molar-refractivity contribution < 1.29 is 58.0 Å². The van der Waals surface area contributed by atoms with Crippen LogP contribution in [0.5, 0.6) is 0 Å². The number of hydrogen-bond acceptors (Lipinski definition) is 6. The highest BCUT2D eigenvalue weighted by Gasteiger charge is 2.65. The van der Waals surface area contributed by atoms with Crippen molar-refractivity contribution in [1.82, 2.24) is 5.32 Å². The zero-order valence-corrected chi connectivity index (χ0v) is 25.5. The van der Waals surface area contributed by atoms with Gasteiger partial charge in [-0.2, -0.15) is 34.8 Å². The zero-order chi connectivity index (χ0) is 33.6. The highest BCUT2D eigenvalue weighted by Crippen LogP contribution is 2.64. The molecule has 2 aromatic rings. The van der Waals surface area contributed by atoms with Crippen molar-refractivity contribution in [3.05, 3.63) is 70.5 Å². The molecule has 7 nitrogen and oxygen atoms in total. The fourth-order valence-corrected chi connectivity index (χ4v) is 7.86. The summed E-state index contributed by atoms with van der Waals surface area (Å²) in [6, 6.07) is 6.20. The maximum atomic E-state index is 13.2. The van der Waals surface area contributed by atoms with Crippen molar-refractivity contribution in [2.24, 2.45) is 16.7 Å². The van der Waals surface area contributed by atoms with Gasteiger partial charge in [-0.25, -0.2) is 4.39 Å². The van der Waals surface area contributed by atoms with Crippen LogP contribution in [0.25, 0.3) is 0 Å². The van der Waals surface area contributed by atoms with Crippen LogP contribution in [0, 0.1) is 22.6 Å². The standard InChI is InChI=1S/C20H18F7NO2.C10H16O4S/c1-11(13-8-14(19(22,23)24)10-15(9-13)20(25,26)27)30-18-17(28-6-7-29-18)12-2-4-16(21)5-3-12;1-9(2)7-3-4-10(9,8(11)5-7)6-15(12,13)14/h2-5,8-11,17-18,28H,6-7H2,1H3;7H,3-6H2,1-2H3,(H,12,13,14)/t11-,17+,18-;7-,10-/m10/s1/i1+2;. The normalized spacial score (nSPS) is 27.2. The SMILES string of the molecule is CC1(C)[C@H]2CC[C@]1(CS(=O)(=O)O)C(=O)C2.[14CH3][C@@H](O[C@H]1OCCN[C@H]1c1ccc(F)cc1)c1cc(C(F)(F)F)cc(C(F)(F)F)c1. The first-order valence-electron chi connectivity index (χ1n) is 14.2. The Labute approximate surface area is 256 Å². The van der Waals surface area contributed by atoms with Crippen molar-refractivity contribution in [2.75, 3.05) is 18.9 Å². The van der Waals surface area contributed by atoms with Gasteiger partial charge in [0, 0.05) is 13.0 Å². The fourth-order valence-electron chi connectivity index (χ4n) is 6.56. The molecule has 5 atom stereocenters. The van der Waals surface area contributed by atoms with E-state index in [2.05, 4.69) is 5.32 Å². The van der Waals surface area contributed by atoms with Crippen molar-refractivity contribution in [1.29, 1.82) is 0 Å². The summed E-state index contributed by atoms with van der Waals surface area (Å²) in [6.07, 6.45) is -10.1. The number of halogens is 7. The number of hydrogen-bond donors (Lipinski definition) is 2. The minimum Gasteiger partial charge on any atom is -0.349 e. The molecule has 3 fully saturated rings. The van der Waals surface area contributed by atoms with Gasteiger partial charge in [-0.3, -0.25) is 9.35 Å². The van der Waals surface area contributed by atoms with Gasteiger partial charge < -0.3 is 14.8 Å². The van der Waals surface area contributed by atoms with Crippen LogP contribution in [0.3, 0.4) is 0 Å². The van der Waals surface area contributed by atoms with E-state index in [1.165, 1.54) is 31.2 Å². The summed E-state index contributed by atoms with van der Waals surface area (Å²) in [5, 5.41) is 3.10. The molecule has 0 amide bonds. The third-order valence-electron chi connectivity index (χ3n) is 9.24. The van der Waals surface area contributed by atoms with Gasteiger partial charge in [0.25, 0.3) is 10.1 Å². The lowest BCUT2D eigenvalue weighted by Gasteiger charge is -2.35. The second kappa shape index (κ2) is 12.5. The van der Waals surface area contributed by atoms with E-state index in [1.807, 2.05) is 13.8 Å². The Morgan fingerprint density at radius 2 is 1.64 bits per heavy atom. The largest absolute Gasteiger partial charge is 0.416 e. The van der Waals surface area contributed by atoms with Crippen LogP contribution in [0.1, 0.15) is 74.4 Å². The Bertz CT molecular complexity index is 1460. The number of nitrogens with one attached hydrogen (secondary N) is 1. The molecular weight excluding hydrogens is 637 g/mol. The minimum absolute atomic E-state index is 0.0152. The molecule has 250 valence electrons. The molecule has 0 spiro atoms. The lowest BCUT2D eigenvalue weighted by atomic mass is 9.70. The number of fused-ring (bicyclic) bond motifs is 2. The molecule has 1 aliphatic heterocycles. The summed E-state index contributed by atoms with van der Waals surface area (Å²) in [6.45, 7) is 5.90. The van der Waals surface area contributed by atoms with Crippen LogP contribution in [0.15, 0.2) is 42.5 Å². The van der Waals surface area contributed by atoms with Crippen LogP contribution < -0.4 is 5.32 Å². The number of Topliss-reactive ketones (excluding diaryl/α,β-unsaturated/α-hetero) is 1. The molecule has 1 saturated heterocycles. The monoisotopic (exact) mass is 671 g/mol. The van der Waals surface area contributed by atoms with Gasteiger partial charge in [0.15, 0.2) is 6.29 Å². The summed E-state index contributed by atoms with van der Waals surface area (Å²) in [5.41, 5.74) is -3.64. The van der Waals surface area contributed by atoms with E-state index in [-0.39, 0.29) is 35.4 Å². The molecule has 1 heterocycles. The van der Waals surface area contributed by atoms with Crippen molar-refractivity contribution in [2.45, 2.75) is 70.8 Å². The Morgan fingerprint density at radius 1 is 1.07 bits per heavy atom. The van der Waals surface area contributed by atoms with E-state index in [0.717, 1.165) is 6.42 Å². The van der Waals surface area contributed by atoms with E-state index < -0.39 is 69.0 Å². The summed E-state index contributed by atoms with van der Waals surface area (Å²) in [4.78, 5) is 11.9. The molecular formula is C30H34F7NO6S. The van der Waals surface area contributed by atoms with Crippen LogP contribution in [-0.4, -0.2) is 43.9 Å². The number of rotatable bonds is 6.